The van der Waals surface area contributed by atoms with Crippen LogP contribution in [0.25, 0.3) is 0 Å². The fourth-order valence-corrected chi connectivity index (χ4v) is 3.95. The van der Waals surface area contributed by atoms with Crippen LogP contribution in [0.15, 0.2) is 76.1 Å². The number of carbonyl (C=O) groups excluding carboxylic acids is 2. The maximum Gasteiger partial charge on any atom is 0.257 e. The highest BCUT2D eigenvalue weighted by atomic mass is 79.9. The van der Waals surface area contributed by atoms with Crippen molar-refractivity contribution in [3.63, 3.8) is 0 Å². The van der Waals surface area contributed by atoms with Crippen molar-refractivity contribution in [2.75, 3.05) is 18.0 Å². The molecular weight excluding hydrogens is 446 g/mol. The first kappa shape index (κ1) is 20.3. The van der Waals surface area contributed by atoms with Gasteiger partial charge in [0.2, 0.25) is 5.91 Å². The number of pyridine rings is 1. The van der Waals surface area contributed by atoms with Crippen LogP contribution in [0.2, 0.25) is 0 Å². The van der Waals surface area contributed by atoms with E-state index in [9.17, 15) is 9.59 Å². The van der Waals surface area contributed by atoms with Crippen molar-refractivity contribution in [1.82, 2.24) is 9.88 Å². The zero-order chi connectivity index (χ0) is 20.9. The van der Waals surface area contributed by atoms with Crippen LogP contribution in [-0.2, 0) is 11.3 Å². The van der Waals surface area contributed by atoms with Gasteiger partial charge in [0.25, 0.3) is 5.91 Å². The molecule has 6 nitrogen and oxygen atoms in total. The van der Waals surface area contributed by atoms with E-state index in [1.807, 2.05) is 42.5 Å². The van der Waals surface area contributed by atoms with Crippen molar-refractivity contribution in [3.8, 4) is 0 Å². The molecule has 1 saturated heterocycles. The lowest BCUT2D eigenvalue weighted by Gasteiger charge is -2.34. The summed E-state index contributed by atoms with van der Waals surface area (Å²) in [5.74, 6) is -0.114. The van der Waals surface area contributed by atoms with Gasteiger partial charge in [-0.15, -0.1) is 0 Å². The lowest BCUT2D eigenvalue weighted by Crippen LogP contribution is -2.44. The van der Waals surface area contributed by atoms with E-state index in [4.69, 9.17) is 4.42 Å². The quantitative estimate of drug-likeness (QED) is 0.552. The van der Waals surface area contributed by atoms with Crippen molar-refractivity contribution >= 4 is 33.4 Å². The predicted octanol–water partition coefficient (Wildman–Crippen LogP) is 4.52. The average molecular weight is 468 g/mol. The highest BCUT2D eigenvalue weighted by Gasteiger charge is 2.31. The summed E-state index contributed by atoms with van der Waals surface area (Å²) < 4.78 is 5.97. The number of rotatable bonds is 5. The van der Waals surface area contributed by atoms with Gasteiger partial charge in [0.1, 0.15) is 6.26 Å². The molecule has 0 saturated carbocycles. The normalized spacial score (nSPS) is 14.5. The molecule has 0 aliphatic carbocycles. The van der Waals surface area contributed by atoms with Gasteiger partial charge in [-0.3, -0.25) is 14.6 Å². The average Bonchev–Trinajstić information content (AvgIpc) is 3.33. The Morgan fingerprint density at radius 1 is 1.10 bits per heavy atom. The van der Waals surface area contributed by atoms with Gasteiger partial charge in [-0.2, -0.15) is 0 Å². The smallest absolute Gasteiger partial charge is 0.257 e. The number of benzene rings is 1. The molecule has 3 aromatic rings. The van der Waals surface area contributed by atoms with Gasteiger partial charge < -0.3 is 14.2 Å². The largest absolute Gasteiger partial charge is 0.472 e. The molecule has 1 aliphatic heterocycles. The van der Waals surface area contributed by atoms with Gasteiger partial charge in [-0.1, -0.05) is 22.0 Å². The lowest BCUT2D eigenvalue weighted by atomic mass is 9.94. The van der Waals surface area contributed by atoms with Gasteiger partial charge in [-0.05, 0) is 55.3 Å². The minimum atomic E-state index is -0.134. The van der Waals surface area contributed by atoms with E-state index < -0.39 is 0 Å². The van der Waals surface area contributed by atoms with E-state index in [0.717, 1.165) is 15.9 Å². The Hall–Kier alpha value is -2.93. The monoisotopic (exact) mass is 467 g/mol. The number of amides is 2. The fraction of sp³-hybridized carbons (Fsp3) is 0.261. The van der Waals surface area contributed by atoms with Crippen molar-refractivity contribution in [1.29, 1.82) is 0 Å². The third kappa shape index (κ3) is 4.62. The first-order valence-corrected chi connectivity index (χ1v) is 10.7. The van der Waals surface area contributed by atoms with Gasteiger partial charge in [-0.25, -0.2) is 0 Å². The van der Waals surface area contributed by atoms with E-state index in [-0.39, 0.29) is 17.7 Å². The zero-order valence-corrected chi connectivity index (χ0v) is 18.0. The molecule has 0 bridgehead atoms. The van der Waals surface area contributed by atoms with Gasteiger partial charge in [0, 0.05) is 35.4 Å². The van der Waals surface area contributed by atoms with Crippen LogP contribution in [0.1, 0.15) is 28.9 Å². The summed E-state index contributed by atoms with van der Waals surface area (Å²) in [4.78, 5) is 34.0. The second kappa shape index (κ2) is 9.26. The number of nitrogens with zero attached hydrogens (tertiary/aromatic N) is 3. The molecule has 1 aromatic carbocycles. The van der Waals surface area contributed by atoms with Crippen LogP contribution in [-0.4, -0.2) is 34.8 Å². The number of furan rings is 1. The second-order valence-electron chi connectivity index (χ2n) is 7.30. The van der Waals surface area contributed by atoms with E-state index >= 15 is 0 Å². The molecule has 0 atom stereocenters. The molecule has 7 heteroatoms. The molecule has 4 rings (SSSR count). The Morgan fingerprint density at radius 2 is 1.87 bits per heavy atom. The Bertz CT molecular complexity index is 982. The number of carbonyl (C=O) groups is 2. The summed E-state index contributed by atoms with van der Waals surface area (Å²) >= 11 is 3.45. The highest BCUT2D eigenvalue weighted by Crippen LogP contribution is 2.27. The second-order valence-corrected chi connectivity index (χ2v) is 8.22. The van der Waals surface area contributed by atoms with E-state index in [0.29, 0.717) is 38.0 Å². The molecule has 0 unspecified atom stereocenters. The third-order valence-electron chi connectivity index (χ3n) is 5.35. The Morgan fingerprint density at radius 3 is 2.50 bits per heavy atom. The van der Waals surface area contributed by atoms with Gasteiger partial charge in [0.05, 0.1) is 24.1 Å². The Kier molecular flexibility index (Phi) is 6.28. The Balaban J connectivity index is 1.48. The SMILES string of the molecule is O=C(c1ccoc1)N1CCC(C(=O)N(Cc2ccccn2)c2ccc(Br)cc2)CC1. The van der Waals surface area contributed by atoms with Crippen LogP contribution in [0.3, 0.4) is 0 Å². The maximum atomic E-state index is 13.5. The van der Waals surface area contributed by atoms with E-state index in [1.165, 1.54) is 12.5 Å². The highest BCUT2D eigenvalue weighted by molar-refractivity contribution is 9.10. The van der Waals surface area contributed by atoms with E-state index in [1.54, 1.807) is 22.1 Å². The minimum absolute atomic E-state index is 0.0482. The summed E-state index contributed by atoms with van der Waals surface area (Å²) in [6, 6.07) is 15.1. The van der Waals surface area contributed by atoms with Crippen LogP contribution >= 0.6 is 15.9 Å². The number of hydrogen-bond acceptors (Lipinski definition) is 4. The summed E-state index contributed by atoms with van der Waals surface area (Å²) in [6.07, 6.45) is 5.97. The van der Waals surface area contributed by atoms with Crippen LogP contribution in [0.5, 0.6) is 0 Å². The summed E-state index contributed by atoms with van der Waals surface area (Å²) in [5.41, 5.74) is 2.22. The summed E-state index contributed by atoms with van der Waals surface area (Å²) in [7, 11) is 0. The van der Waals surface area contributed by atoms with Gasteiger partial charge >= 0.3 is 0 Å². The molecule has 2 amide bonds. The van der Waals surface area contributed by atoms with Crippen molar-refractivity contribution in [2.45, 2.75) is 19.4 Å². The standard InChI is InChI=1S/C23H22BrN3O3/c24-19-4-6-21(7-5-19)27(15-20-3-1-2-11-25-20)23(29)17-8-12-26(13-9-17)22(28)18-10-14-30-16-18/h1-7,10-11,14,16-17H,8-9,12-13,15H2. The lowest BCUT2D eigenvalue weighted by molar-refractivity contribution is -0.123. The predicted molar refractivity (Wildman–Crippen MR) is 117 cm³/mol. The summed E-state index contributed by atoms with van der Waals surface area (Å²) in [5, 5.41) is 0. The number of piperidine rings is 1. The van der Waals surface area contributed by atoms with Crippen LogP contribution < -0.4 is 4.90 Å². The molecule has 1 aliphatic rings. The molecule has 30 heavy (non-hydrogen) atoms. The molecule has 0 radical (unpaired) electrons. The molecule has 0 spiro atoms. The number of anilines is 1. The topological polar surface area (TPSA) is 66.7 Å². The number of likely N-dealkylation sites (tertiary alicyclic amines) is 1. The molecule has 3 heterocycles. The molecule has 154 valence electrons. The molecule has 2 aromatic heterocycles. The van der Waals surface area contributed by atoms with E-state index in [2.05, 4.69) is 20.9 Å². The Labute approximate surface area is 183 Å². The first-order valence-electron chi connectivity index (χ1n) is 9.90. The van der Waals surface area contributed by atoms with Crippen molar-refractivity contribution in [3.05, 3.63) is 83.0 Å². The molecular formula is C23H22BrN3O3. The fourth-order valence-electron chi connectivity index (χ4n) is 3.69. The number of hydrogen-bond donors (Lipinski definition) is 0. The van der Waals surface area contributed by atoms with Gasteiger partial charge in [0.15, 0.2) is 0 Å². The molecule has 1 fully saturated rings. The van der Waals surface area contributed by atoms with Crippen molar-refractivity contribution < 1.29 is 14.0 Å². The number of aromatic nitrogens is 1. The van der Waals surface area contributed by atoms with Crippen LogP contribution in [0.4, 0.5) is 5.69 Å². The molecule has 0 N–H and O–H groups in total. The summed E-state index contributed by atoms with van der Waals surface area (Å²) in [6.45, 7) is 1.52. The third-order valence-corrected chi connectivity index (χ3v) is 5.88. The number of halogens is 1. The maximum absolute atomic E-state index is 13.5. The van der Waals surface area contributed by atoms with Crippen molar-refractivity contribution in [2.24, 2.45) is 5.92 Å². The first-order chi connectivity index (χ1) is 14.6. The zero-order valence-electron chi connectivity index (χ0n) is 16.4. The minimum Gasteiger partial charge on any atom is -0.472 e. The van der Waals surface area contributed by atoms with Crippen LogP contribution in [0, 0.1) is 5.92 Å².